The second-order valence-electron chi connectivity index (χ2n) is 11.2. The highest BCUT2D eigenvalue weighted by molar-refractivity contribution is 6.04. The van der Waals surface area contributed by atoms with Gasteiger partial charge in [0.25, 0.3) is 0 Å². The van der Waals surface area contributed by atoms with Gasteiger partial charge in [-0.1, -0.05) is 140 Å². The van der Waals surface area contributed by atoms with E-state index in [1.807, 2.05) is 60.7 Å². The van der Waals surface area contributed by atoms with E-state index in [-0.39, 0.29) is 0 Å². The number of hydrogen-bond acceptors (Lipinski definition) is 3. The molecule has 1 heterocycles. The quantitative estimate of drug-likeness (QED) is 0.188. The van der Waals surface area contributed by atoms with E-state index < -0.39 is 0 Å². The molecule has 214 valence electrons. The van der Waals surface area contributed by atoms with Crippen molar-refractivity contribution in [2.45, 2.75) is 0 Å². The van der Waals surface area contributed by atoms with Gasteiger partial charge in [0.1, 0.15) is 0 Å². The molecule has 0 amide bonds. The molecular weight excluding hydrogens is 560 g/mol. The van der Waals surface area contributed by atoms with Crippen LogP contribution in [0, 0.1) is 6.57 Å². The first kappa shape index (κ1) is 27.1. The van der Waals surface area contributed by atoms with Crippen LogP contribution in [0.5, 0.6) is 0 Å². The van der Waals surface area contributed by atoms with Gasteiger partial charge in [0.05, 0.1) is 6.57 Å². The van der Waals surface area contributed by atoms with E-state index >= 15 is 0 Å². The average molecular weight is 587 g/mol. The molecule has 7 aromatic carbocycles. The average Bonchev–Trinajstić information content (AvgIpc) is 3.14. The molecule has 46 heavy (non-hydrogen) atoms. The molecular formula is C42H26N4. The van der Waals surface area contributed by atoms with E-state index in [0.29, 0.717) is 23.2 Å². The van der Waals surface area contributed by atoms with E-state index in [9.17, 15) is 0 Å². The molecule has 1 aromatic heterocycles. The summed E-state index contributed by atoms with van der Waals surface area (Å²) in [6, 6.07) is 53.8. The predicted molar refractivity (Wildman–Crippen MR) is 188 cm³/mol. The third-order valence-electron chi connectivity index (χ3n) is 8.35. The number of nitrogens with zero attached hydrogens (tertiary/aromatic N) is 4. The third kappa shape index (κ3) is 5.06. The van der Waals surface area contributed by atoms with Gasteiger partial charge in [0, 0.05) is 16.7 Å². The van der Waals surface area contributed by atoms with Crippen LogP contribution in [0.1, 0.15) is 0 Å². The standard InChI is InChI=1S/C42H26N4/c1-43-35-22-20-28(21-23-35)31-16-17-33-27-34(19-18-32(33)26-31)41-44-40(30-12-6-3-7-13-30)45-42(46-41)39-25-24-36(29-10-4-2-5-11-29)37-14-8-9-15-38(37)39/h2-27H. The first-order chi connectivity index (χ1) is 22.7. The largest absolute Gasteiger partial charge is 0.238 e. The first-order valence-electron chi connectivity index (χ1n) is 15.1. The lowest BCUT2D eigenvalue weighted by Gasteiger charge is -2.13. The van der Waals surface area contributed by atoms with Crippen LogP contribution in [0.3, 0.4) is 0 Å². The van der Waals surface area contributed by atoms with Crippen molar-refractivity contribution >= 4 is 27.2 Å². The molecule has 8 aromatic rings. The summed E-state index contributed by atoms with van der Waals surface area (Å²) in [5.41, 5.74) is 8.00. The maximum absolute atomic E-state index is 7.23. The van der Waals surface area contributed by atoms with Crippen LogP contribution in [0.2, 0.25) is 0 Å². The van der Waals surface area contributed by atoms with Crippen molar-refractivity contribution in [1.29, 1.82) is 0 Å². The van der Waals surface area contributed by atoms with E-state index in [1.165, 1.54) is 11.1 Å². The molecule has 4 nitrogen and oxygen atoms in total. The van der Waals surface area contributed by atoms with Crippen LogP contribution in [0.15, 0.2) is 158 Å². The Balaban J connectivity index is 1.26. The van der Waals surface area contributed by atoms with E-state index in [2.05, 4.69) is 102 Å². The van der Waals surface area contributed by atoms with Crippen molar-refractivity contribution in [3.05, 3.63) is 169 Å². The zero-order valence-electron chi connectivity index (χ0n) is 24.8. The maximum Gasteiger partial charge on any atom is 0.187 e. The minimum absolute atomic E-state index is 0.626. The number of aromatic nitrogens is 3. The molecule has 0 bridgehead atoms. The third-order valence-corrected chi connectivity index (χ3v) is 8.35. The van der Waals surface area contributed by atoms with Gasteiger partial charge in [0.15, 0.2) is 23.2 Å². The topological polar surface area (TPSA) is 43.0 Å². The van der Waals surface area contributed by atoms with Crippen molar-refractivity contribution in [3.63, 3.8) is 0 Å². The molecule has 0 aliphatic rings. The first-order valence-corrected chi connectivity index (χ1v) is 15.1. The lowest BCUT2D eigenvalue weighted by molar-refractivity contribution is 1.08. The molecule has 0 aliphatic carbocycles. The van der Waals surface area contributed by atoms with E-state index in [4.69, 9.17) is 21.5 Å². The Morgan fingerprint density at radius 2 is 0.870 bits per heavy atom. The Morgan fingerprint density at radius 1 is 0.370 bits per heavy atom. The molecule has 4 heteroatoms. The molecule has 0 radical (unpaired) electrons. The molecule has 0 saturated heterocycles. The summed E-state index contributed by atoms with van der Waals surface area (Å²) in [5.74, 6) is 1.90. The Hall–Kier alpha value is -6.44. The minimum atomic E-state index is 0.626. The Labute approximate surface area is 267 Å². The SMILES string of the molecule is [C-]#[N+]c1ccc(-c2ccc3cc(-c4nc(-c5ccccc5)nc(-c5ccc(-c6ccccc6)c6ccccc56)n4)ccc3c2)cc1. The van der Waals surface area contributed by atoms with Crippen molar-refractivity contribution in [1.82, 2.24) is 15.0 Å². The van der Waals surface area contributed by atoms with Gasteiger partial charge >= 0.3 is 0 Å². The summed E-state index contributed by atoms with van der Waals surface area (Å²) >= 11 is 0. The second kappa shape index (κ2) is 11.6. The Bertz CT molecular complexity index is 2410. The number of rotatable bonds is 5. The smallest absolute Gasteiger partial charge is 0.187 e. The molecule has 8 rings (SSSR count). The number of fused-ring (bicyclic) bond motifs is 2. The summed E-state index contributed by atoms with van der Waals surface area (Å²) in [6.45, 7) is 7.23. The fourth-order valence-corrected chi connectivity index (χ4v) is 6.00. The number of hydrogen-bond donors (Lipinski definition) is 0. The molecule has 0 atom stereocenters. The predicted octanol–water partition coefficient (Wildman–Crippen LogP) is 11.1. The van der Waals surface area contributed by atoms with Crippen LogP contribution < -0.4 is 0 Å². The second-order valence-corrected chi connectivity index (χ2v) is 11.2. The lowest BCUT2D eigenvalue weighted by Crippen LogP contribution is -2.00. The molecule has 0 saturated carbocycles. The number of benzene rings is 7. The highest BCUT2D eigenvalue weighted by Crippen LogP contribution is 2.36. The van der Waals surface area contributed by atoms with Gasteiger partial charge in [-0.3, -0.25) is 0 Å². The highest BCUT2D eigenvalue weighted by atomic mass is 15.0. The maximum atomic E-state index is 7.23. The lowest BCUT2D eigenvalue weighted by atomic mass is 9.94. The fourth-order valence-electron chi connectivity index (χ4n) is 6.00. The van der Waals surface area contributed by atoms with Crippen LogP contribution in [0.4, 0.5) is 5.69 Å². The van der Waals surface area contributed by atoms with Crippen LogP contribution in [-0.4, -0.2) is 15.0 Å². The van der Waals surface area contributed by atoms with Crippen molar-refractivity contribution in [3.8, 4) is 56.4 Å². The van der Waals surface area contributed by atoms with Crippen LogP contribution in [0.25, 0.3) is 82.8 Å². The zero-order valence-corrected chi connectivity index (χ0v) is 24.8. The van der Waals surface area contributed by atoms with Crippen LogP contribution >= 0.6 is 0 Å². The van der Waals surface area contributed by atoms with Crippen LogP contribution in [-0.2, 0) is 0 Å². The minimum Gasteiger partial charge on any atom is -0.238 e. The van der Waals surface area contributed by atoms with E-state index in [0.717, 1.165) is 49.4 Å². The monoisotopic (exact) mass is 586 g/mol. The van der Waals surface area contributed by atoms with Gasteiger partial charge in [-0.05, 0) is 62.0 Å². The molecule has 0 aliphatic heterocycles. The van der Waals surface area contributed by atoms with Gasteiger partial charge in [-0.2, -0.15) is 0 Å². The highest BCUT2D eigenvalue weighted by Gasteiger charge is 2.16. The van der Waals surface area contributed by atoms with Gasteiger partial charge in [0.2, 0.25) is 0 Å². The molecule has 0 fully saturated rings. The fraction of sp³-hybridized carbons (Fsp3) is 0. The van der Waals surface area contributed by atoms with E-state index in [1.54, 1.807) is 0 Å². The summed E-state index contributed by atoms with van der Waals surface area (Å²) in [4.78, 5) is 18.6. The Kier molecular flexibility index (Phi) is 6.83. The van der Waals surface area contributed by atoms with Gasteiger partial charge in [-0.15, -0.1) is 0 Å². The Morgan fingerprint density at radius 3 is 1.54 bits per heavy atom. The van der Waals surface area contributed by atoms with Crippen molar-refractivity contribution < 1.29 is 0 Å². The summed E-state index contributed by atoms with van der Waals surface area (Å²) in [5, 5.41) is 4.46. The summed E-state index contributed by atoms with van der Waals surface area (Å²) < 4.78 is 0. The van der Waals surface area contributed by atoms with Crippen molar-refractivity contribution in [2.75, 3.05) is 0 Å². The molecule has 0 N–H and O–H groups in total. The van der Waals surface area contributed by atoms with Crippen molar-refractivity contribution in [2.24, 2.45) is 0 Å². The van der Waals surface area contributed by atoms with Gasteiger partial charge in [-0.25, -0.2) is 19.8 Å². The molecule has 0 unspecified atom stereocenters. The summed E-state index contributed by atoms with van der Waals surface area (Å²) in [7, 11) is 0. The van der Waals surface area contributed by atoms with Gasteiger partial charge < -0.3 is 0 Å². The normalized spacial score (nSPS) is 11.0. The zero-order chi connectivity index (χ0) is 30.9. The summed E-state index contributed by atoms with van der Waals surface area (Å²) in [6.07, 6.45) is 0. The molecule has 0 spiro atoms.